The van der Waals surface area contributed by atoms with E-state index in [4.69, 9.17) is 4.52 Å². The lowest BCUT2D eigenvalue weighted by Gasteiger charge is -2.28. The highest BCUT2D eigenvalue weighted by Crippen LogP contribution is 2.39. The van der Waals surface area contributed by atoms with E-state index in [0.29, 0.717) is 17.6 Å². The molecule has 2 rings (SSSR count). The second-order valence-electron chi connectivity index (χ2n) is 6.92. The quantitative estimate of drug-likeness (QED) is 0.761. The standard InChI is InChI=1S/C14H24N4O3/c1-13(2,3)11-16-10(18-21-11)7-15-12(20)17-14(4,8-19)9-5-6-9/h9,19H,5-8H2,1-4H3,(H2,15,17,20). The Morgan fingerprint density at radius 2 is 2.05 bits per heavy atom. The van der Waals surface area contributed by atoms with Gasteiger partial charge < -0.3 is 20.3 Å². The van der Waals surface area contributed by atoms with E-state index in [0.717, 1.165) is 12.8 Å². The molecule has 0 spiro atoms. The van der Waals surface area contributed by atoms with E-state index >= 15 is 0 Å². The van der Waals surface area contributed by atoms with Crippen LogP contribution in [0.15, 0.2) is 4.52 Å². The predicted molar refractivity (Wildman–Crippen MR) is 76.6 cm³/mol. The molecule has 3 N–H and O–H groups in total. The van der Waals surface area contributed by atoms with E-state index in [1.54, 1.807) is 0 Å². The number of carbonyl (C=O) groups is 1. The zero-order chi connectivity index (χ0) is 15.7. The van der Waals surface area contributed by atoms with Gasteiger partial charge in [-0.3, -0.25) is 0 Å². The summed E-state index contributed by atoms with van der Waals surface area (Å²) in [4.78, 5) is 16.2. The lowest BCUT2D eigenvalue weighted by atomic mass is 9.97. The summed E-state index contributed by atoms with van der Waals surface area (Å²) in [5.41, 5.74) is -0.771. The van der Waals surface area contributed by atoms with Crippen molar-refractivity contribution in [3.8, 4) is 0 Å². The van der Waals surface area contributed by atoms with Crippen LogP contribution in [0, 0.1) is 5.92 Å². The van der Waals surface area contributed by atoms with E-state index in [1.165, 1.54) is 0 Å². The molecule has 1 fully saturated rings. The molecule has 0 radical (unpaired) electrons. The number of amides is 2. The van der Waals surface area contributed by atoms with Gasteiger partial charge in [0.05, 0.1) is 18.7 Å². The Kier molecular flexibility index (Phi) is 4.22. The molecule has 0 aromatic carbocycles. The van der Waals surface area contributed by atoms with Crippen LogP contribution in [0.3, 0.4) is 0 Å². The van der Waals surface area contributed by atoms with Gasteiger partial charge in [0, 0.05) is 5.41 Å². The highest BCUT2D eigenvalue weighted by atomic mass is 16.5. The minimum Gasteiger partial charge on any atom is -0.394 e. The molecule has 0 aliphatic heterocycles. The van der Waals surface area contributed by atoms with Crippen molar-refractivity contribution in [3.63, 3.8) is 0 Å². The normalized spacial score (nSPS) is 18.1. The van der Waals surface area contributed by atoms with Gasteiger partial charge in [-0.05, 0) is 25.7 Å². The van der Waals surface area contributed by atoms with Crippen LogP contribution < -0.4 is 10.6 Å². The molecule has 1 aliphatic carbocycles. The first-order valence-corrected chi connectivity index (χ1v) is 7.24. The molecule has 1 atom stereocenters. The van der Waals surface area contributed by atoms with Crippen LogP contribution >= 0.6 is 0 Å². The lowest BCUT2D eigenvalue weighted by molar-refractivity contribution is 0.155. The van der Waals surface area contributed by atoms with Crippen molar-refractivity contribution in [3.05, 3.63) is 11.7 Å². The fourth-order valence-corrected chi connectivity index (χ4v) is 2.08. The highest BCUT2D eigenvalue weighted by Gasteiger charge is 2.42. The minimum atomic E-state index is -0.558. The summed E-state index contributed by atoms with van der Waals surface area (Å²) in [5, 5.41) is 18.8. The Bertz CT molecular complexity index is 505. The van der Waals surface area contributed by atoms with Gasteiger partial charge in [0.2, 0.25) is 5.89 Å². The van der Waals surface area contributed by atoms with E-state index in [2.05, 4.69) is 20.8 Å². The Morgan fingerprint density at radius 1 is 1.38 bits per heavy atom. The second kappa shape index (κ2) is 5.63. The van der Waals surface area contributed by atoms with Crippen LogP contribution in [0.2, 0.25) is 0 Å². The van der Waals surface area contributed by atoms with Crippen molar-refractivity contribution in [2.24, 2.45) is 5.92 Å². The number of carbonyl (C=O) groups excluding carboxylic acids is 1. The van der Waals surface area contributed by atoms with E-state index in [-0.39, 0.29) is 24.6 Å². The third kappa shape index (κ3) is 3.93. The SMILES string of the molecule is CC(C)(C)c1nc(CNC(=O)NC(C)(CO)C2CC2)no1. The summed E-state index contributed by atoms with van der Waals surface area (Å²) in [5.74, 6) is 1.33. The molecule has 1 aliphatic rings. The first-order chi connectivity index (χ1) is 9.74. The third-order valence-corrected chi connectivity index (χ3v) is 3.72. The molecule has 118 valence electrons. The largest absolute Gasteiger partial charge is 0.394 e. The Labute approximate surface area is 124 Å². The number of aromatic nitrogens is 2. The van der Waals surface area contributed by atoms with Crippen LogP contribution in [0.5, 0.6) is 0 Å². The average Bonchev–Trinajstić information content (AvgIpc) is 3.14. The smallest absolute Gasteiger partial charge is 0.315 e. The van der Waals surface area contributed by atoms with Crippen LogP contribution in [0.1, 0.15) is 52.3 Å². The van der Waals surface area contributed by atoms with Crippen LogP contribution in [0.4, 0.5) is 4.79 Å². The lowest BCUT2D eigenvalue weighted by Crippen LogP contribution is -2.54. The average molecular weight is 296 g/mol. The van der Waals surface area contributed by atoms with Gasteiger partial charge in [0.1, 0.15) is 0 Å². The third-order valence-electron chi connectivity index (χ3n) is 3.72. The van der Waals surface area contributed by atoms with Gasteiger partial charge in [-0.25, -0.2) is 4.79 Å². The van der Waals surface area contributed by atoms with E-state index < -0.39 is 5.54 Å². The Morgan fingerprint density at radius 3 is 2.52 bits per heavy atom. The molecule has 0 saturated heterocycles. The molecule has 21 heavy (non-hydrogen) atoms. The van der Waals surface area contributed by atoms with Crippen molar-refractivity contribution >= 4 is 6.03 Å². The molecule has 1 unspecified atom stereocenters. The molecule has 7 nitrogen and oxygen atoms in total. The second-order valence-corrected chi connectivity index (χ2v) is 6.92. The number of aliphatic hydroxyl groups is 1. The highest BCUT2D eigenvalue weighted by molar-refractivity contribution is 5.74. The van der Waals surface area contributed by atoms with Gasteiger partial charge >= 0.3 is 6.03 Å². The number of nitrogens with one attached hydrogen (secondary N) is 2. The maximum atomic E-state index is 11.9. The van der Waals surface area contributed by atoms with Crippen LogP contribution in [0.25, 0.3) is 0 Å². The van der Waals surface area contributed by atoms with Crippen molar-refractivity contribution in [1.82, 2.24) is 20.8 Å². The zero-order valence-electron chi connectivity index (χ0n) is 13.1. The molecule has 0 bridgehead atoms. The minimum absolute atomic E-state index is 0.0680. The summed E-state index contributed by atoms with van der Waals surface area (Å²) in [6.45, 7) is 7.92. The van der Waals surface area contributed by atoms with E-state index in [1.807, 2.05) is 27.7 Å². The van der Waals surface area contributed by atoms with Crippen LogP contribution in [-0.2, 0) is 12.0 Å². The van der Waals surface area contributed by atoms with E-state index in [9.17, 15) is 9.90 Å². The van der Waals surface area contributed by atoms with Gasteiger partial charge in [0.25, 0.3) is 0 Å². The number of hydrogen-bond donors (Lipinski definition) is 3. The van der Waals surface area contributed by atoms with Crippen molar-refractivity contribution in [1.29, 1.82) is 0 Å². The number of hydrogen-bond acceptors (Lipinski definition) is 5. The molecular weight excluding hydrogens is 272 g/mol. The monoisotopic (exact) mass is 296 g/mol. The van der Waals surface area contributed by atoms with Gasteiger partial charge in [-0.1, -0.05) is 25.9 Å². The number of nitrogens with zero attached hydrogens (tertiary/aromatic N) is 2. The predicted octanol–water partition coefficient (Wildman–Crippen LogP) is 1.33. The Hall–Kier alpha value is -1.63. The summed E-state index contributed by atoms with van der Waals surface area (Å²) >= 11 is 0. The number of urea groups is 1. The summed E-state index contributed by atoms with van der Waals surface area (Å²) < 4.78 is 5.16. The summed E-state index contributed by atoms with van der Waals surface area (Å²) in [6.07, 6.45) is 2.08. The molecule has 2 amide bonds. The zero-order valence-corrected chi connectivity index (χ0v) is 13.1. The fraction of sp³-hybridized carbons (Fsp3) is 0.786. The van der Waals surface area contributed by atoms with Gasteiger partial charge in [-0.15, -0.1) is 0 Å². The molecular formula is C14H24N4O3. The fourth-order valence-electron chi connectivity index (χ4n) is 2.08. The number of aliphatic hydroxyl groups excluding tert-OH is 1. The summed E-state index contributed by atoms with van der Waals surface area (Å²) in [6, 6.07) is -0.333. The topological polar surface area (TPSA) is 100 Å². The van der Waals surface area contributed by atoms with Crippen LogP contribution in [-0.4, -0.2) is 33.4 Å². The van der Waals surface area contributed by atoms with Gasteiger partial charge in [-0.2, -0.15) is 4.98 Å². The molecule has 1 aromatic heterocycles. The molecule has 1 heterocycles. The van der Waals surface area contributed by atoms with Crippen molar-refractivity contribution in [2.45, 2.75) is 58.0 Å². The summed E-state index contributed by atoms with van der Waals surface area (Å²) in [7, 11) is 0. The molecule has 1 saturated carbocycles. The van der Waals surface area contributed by atoms with Crippen molar-refractivity contribution in [2.75, 3.05) is 6.61 Å². The number of rotatable bonds is 5. The maximum absolute atomic E-state index is 11.9. The molecule has 7 heteroatoms. The molecule has 1 aromatic rings. The first kappa shape index (κ1) is 15.8. The maximum Gasteiger partial charge on any atom is 0.315 e. The first-order valence-electron chi connectivity index (χ1n) is 7.24. The Balaban J connectivity index is 1.85. The van der Waals surface area contributed by atoms with Crippen molar-refractivity contribution < 1.29 is 14.4 Å². The van der Waals surface area contributed by atoms with Gasteiger partial charge in [0.15, 0.2) is 5.82 Å².